The third kappa shape index (κ3) is 4.97. The summed E-state index contributed by atoms with van der Waals surface area (Å²) in [6.45, 7) is 9.76. The van der Waals surface area contributed by atoms with Crippen molar-refractivity contribution < 1.29 is 24.2 Å². The van der Waals surface area contributed by atoms with Crippen molar-refractivity contribution in [2.24, 2.45) is 11.8 Å². The van der Waals surface area contributed by atoms with Gasteiger partial charge < -0.3 is 19.6 Å². The monoisotopic (exact) mass is 480 g/mol. The van der Waals surface area contributed by atoms with Gasteiger partial charge in [0.2, 0.25) is 11.8 Å². The molecule has 3 saturated heterocycles. The number of unbranched alkanes of at least 4 members (excludes halogenated alkanes) is 4. The molecule has 1 N–H and O–H groups in total. The zero-order valence-electron chi connectivity index (χ0n) is 20.2. The minimum atomic E-state index is -0.558. The van der Waals surface area contributed by atoms with Crippen LogP contribution in [0.15, 0.2) is 12.7 Å². The maximum atomic E-state index is 14.0. The topological polar surface area (TPSA) is 87.2 Å². The van der Waals surface area contributed by atoms with Gasteiger partial charge in [0.15, 0.2) is 0 Å². The number of nitrogens with zero attached hydrogens (tertiary/aromatic N) is 2. The molecule has 8 heteroatoms. The lowest BCUT2D eigenvalue weighted by molar-refractivity contribution is -0.153. The highest BCUT2D eigenvalue weighted by Gasteiger charge is 2.74. The summed E-state index contributed by atoms with van der Waals surface area (Å²) in [5.41, 5.74) is 0. The first kappa shape index (κ1) is 26.1. The van der Waals surface area contributed by atoms with E-state index in [1.807, 2.05) is 4.90 Å². The summed E-state index contributed by atoms with van der Waals surface area (Å²) in [6, 6.07) is -0.555. The maximum Gasteiger partial charge on any atom is 0.310 e. The lowest BCUT2D eigenvalue weighted by atomic mass is 9.71. The number of ether oxygens (including phenoxy) is 1. The van der Waals surface area contributed by atoms with Crippen molar-refractivity contribution in [1.82, 2.24) is 9.80 Å². The van der Waals surface area contributed by atoms with Crippen LogP contribution in [0.25, 0.3) is 0 Å². The van der Waals surface area contributed by atoms with Gasteiger partial charge in [0.1, 0.15) is 6.04 Å². The van der Waals surface area contributed by atoms with Gasteiger partial charge in [-0.25, -0.2) is 0 Å². The Labute approximate surface area is 202 Å². The van der Waals surface area contributed by atoms with Crippen molar-refractivity contribution >= 4 is 29.5 Å². The largest absolute Gasteiger partial charge is 0.466 e. The van der Waals surface area contributed by atoms with Crippen LogP contribution in [-0.4, -0.2) is 81.6 Å². The quantitative estimate of drug-likeness (QED) is 0.234. The van der Waals surface area contributed by atoms with Gasteiger partial charge in [-0.2, -0.15) is 0 Å². The van der Waals surface area contributed by atoms with Gasteiger partial charge in [0.05, 0.1) is 23.2 Å². The van der Waals surface area contributed by atoms with Crippen LogP contribution in [0, 0.1) is 11.8 Å². The SMILES string of the molecule is C=CCN(CCCCC)C(=O)C1N(CCCCCO)C(=O)[C@@H]2[C@H](C(=O)OCC)[C@@H]3CCC12S3. The average Bonchev–Trinajstić information content (AvgIpc) is 3.43. The molecule has 2 unspecified atom stereocenters. The predicted molar refractivity (Wildman–Crippen MR) is 130 cm³/mol. The van der Waals surface area contributed by atoms with Gasteiger partial charge >= 0.3 is 5.97 Å². The molecule has 3 aliphatic rings. The fourth-order valence-corrected chi connectivity index (χ4v) is 8.12. The summed E-state index contributed by atoms with van der Waals surface area (Å²) < 4.78 is 4.81. The van der Waals surface area contributed by atoms with Gasteiger partial charge in [0, 0.05) is 31.5 Å². The Hall–Kier alpha value is -1.54. The molecule has 0 aromatic rings. The van der Waals surface area contributed by atoms with E-state index in [2.05, 4.69) is 13.5 Å². The van der Waals surface area contributed by atoms with Crippen molar-refractivity contribution in [2.75, 3.05) is 32.8 Å². The highest BCUT2D eigenvalue weighted by molar-refractivity contribution is 8.02. The molecule has 33 heavy (non-hydrogen) atoms. The van der Waals surface area contributed by atoms with Gasteiger partial charge in [-0.3, -0.25) is 14.4 Å². The van der Waals surface area contributed by atoms with Crippen LogP contribution in [0.1, 0.15) is 65.2 Å². The molecule has 3 rings (SSSR count). The molecule has 2 amide bonds. The Morgan fingerprint density at radius 3 is 2.73 bits per heavy atom. The fourth-order valence-electron chi connectivity index (χ4n) is 5.92. The molecule has 3 aliphatic heterocycles. The second-order valence-electron chi connectivity index (χ2n) is 9.40. The summed E-state index contributed by atoms with van der Waals surface area (Å²) in [6.07, 6.45) is 8.60. The smallest absolute Gasteiger partial charge is 0.310 e. The molecule has 186 valence electrons. The van der Waals surface area contributed by atoms with Crippen LogP contribution in [0.2, 0.25) is 0 Å². The number of likely N-dealkylation sites (tertiary alicyclic amines) is 1. The van der Waals surface area contributed by atoms with Crippen LogP contribution in [0.5, 0.6) is 0 Å². The molecular formula is C25H40N2O5S. The highest BCUT2D eigenvalue weighted by Crippen LogP contribution is 2.66. The number of esters is 1. The standard InChI is InChI=1S/C25H40N2O5S/c1-4-7-9-15-26(14-5-2)23(30)21-25-13-12-18(33-25)19(24(31)32-6-3)20(25)22(29)27(21)16-10-8-11-17-28/h5,18-21,28H,2,4,6-17H2,1,3H3/t18-,19+,20-,21?,25?/m0/s1. The number of amides is 2. The van der Waals surface area contributed by atoms with Crippen molar-refractivity contribution in [3.63, 3.8) is 0 Å². The number of fused-ring (bicyclic) bond motifs is 1. The Bertz CT molecular complexity index is 732. The zero-order chi connectivity index (χ0) is 24.0. The minimum absolute atomic E-state index is 0.0123. The molecule has 0 saturated carbocycles. The highest BCUT2D eigenvalue weighted by atomic mass is 32.2. The minimum Gasteiger partial charge on any atom is -0.466 e. The summed E-state index contributed by atoms with van der Waals surface area (Å²) in [4.78, 5) is 44.3. The summed E-state index contributed by atoms with van der Waals surface area (Å²) in [5.74, 6) is -1.34. The van der Waals surface area contributed by atoms with Gasteiger partial charge in [-0.1, -0.05) is 25.8 Å². The van der Waals surface area contributed by atoms with Crippen molar-refractivity contribution in [2.45, 2.75) is 81.3 Å². The van der Waals surface area contributed by atoms with Gasteiger partial charge in [-0.15, -0.1) is 18.3 Å². The molecule has 5 atom stereocenters. The molecular weight excluding hydrogens is 440 g/mol. The molecule has 3 heterocycles. The molecule has 0 aliphatic carbocycles. The predicted octanol–water partition coefficient (Wildman–Crippen LogP) is 3.01. The molecule has 0 aromatic carbocycles. The number of hydrogen-bond donors (Lipinski definition) is 1. The molecule has 0 radical (unpaired) electrons. The van der Waals surface area contributed by atoms with E-state index in [1.165, 1.54) is 0 Å². The first-order valence-electron chi connectivity index (χ1n) is 12.6. The molecule has 3 fully saturated rings. The summed E-state index contributed by atoms with van der Waals surface area (Å²) >= 11 is 1.69. The zero-order valence-corrected chi connectivity index (χ0v) is 21.0. The van der Waals surface area contributed by atoms with Crippen LogP contribution in [-0.2, 0) is 19.1 Å². The fraction of sp³-hybridized carbons (Fsp3) is 0.800. The van der Waals surface area contributed by atoms with E-state index in [9.17, 15) is 14.4 Å². The summed E-state index contributed by atoms with van der Waals surface area (Å²) in [7, 11) is 0. The van der Waals surface area contributed by atoms with E-state index >= 15 is 0 Å². The maximum absolute atomic E-state index is 14.0. The number of aliphatic hydroxyl groups is 1. The lowest BCUT2D eigenvalue weighted by Crippen LogP contribution is -2.55. The summed E-state index contributed by atoms with van der Waals surface area (Å²) in [5, 5.41) is 9.18. The Morgan fingerprint density at radius 1 is 1.27 bits per heavy atom. The number of rotatable bonds is 14. The van der Waals surface area contributed by atoms with E-state index in [1.54, 1.807) is 29.7 Å². The second kappa shape index (κ2) is 11.7. The van der Waals surface area contributed by atoms with Crippen LogP contribution in [0.4, 0.5) is 0 Å². The van der Waals surface area contributed by atoms with E-state index in [0.29, 0.717) is 32.7 Å². The van der Waals surface area contributed by atoms with Gasteiger partial charge in [0.25, 0.3) is 0 Å². The van der Waals surface area contributed by atoms with E-state index in [0.717, 1.165) is 44.9 Å². The van der Waals surface area contributed by atoms with Crippen molar-refractivity contribution in [3.8, 4) is 0 Å². The first-order chi connectivity index (χ1) is 16.0. The number of hydrogen-bond acceptors (Lipinski definition) is 6. The number of aliphatic hydroxyl groups excluding tert-OH is 1. The first-order valence-corrected chi connectivity index (χ1v) is 13.5. The Kier molecular flexibility index (Phi) is 9.27. The average molecular weight is 481 g/mol. The van der Waals surface area contributed by atoms with E-state index in [4.69, 9.17) is 9.84 Å². The molecule has 0 aromatic heterocycles. The third-order valence-corrected chi connectivity index (χ3v) is 9.29. The van der Waals surface area contributed by atoms with Crippen LogP contribution >= 0.6 is 11.8 Å². The van der Waals surface area contributed by atoms with Crippen molar-refractivity contribution in [1.29, 1.82) is 0 Å². The second-order valence-corrected chi connectivity index (χ2v) is 11.0. The number of carbonyl (C=O) groups is 3. The third-order valence-electron chi connectivity index (χ3n) is 7.34. The van der Waals surface area contributed by atoms with Gasteiger partial charge in [-0.05, 0) is 45.4 Å². The molecule has 7 nitrogen and oxygen atoms in total. The van der Waals surface area contributed by atoms with Crippen LogP contribution < -0.4 is 0 Å². The van der Waals surface area contributed by atoms with Crippen molar-refractivity contribution in [3.05, 3.63) is 12.7 Å². The van der Waals surface area contributed by atoms with E-state index < -0.39 is 22.6 Å². The molecule has 1 spiro atoms. The Morgan fingerprint density at radius 2 is 2.06 bits per heavy atom. The lowest BCUT2D eigenvalue weighted by Gasteiger charge is -2.37. The number of thioether (sulfide) groups is 1. The Balaban J connectivity index is 1.91. The molecule has 2 bridgehead atoms. The number of carbonyl (C=O) groups excluding carboxylic acids is 3. The van der Waals surface area contributed by atoms with E-state index in [-0.39, 0.29) is 29.6 Å². The normalized spacial score (nSPS) is 29.9. The van der Waals surface area contributed by atoms with Crippen LogP contribution in [0.3, 0.4) is 0 Å².